The number of carbonyl (C=O) groups is 2. The first-order valence-corrected chi connectivity index (χ1v) is 8.85. The molecule has 0 aromatic heterocycles. The van der Waals surface area contributed by atoms with Gasteiger partial charge in [-0.1, -0.05) is 45.9 Å². The van der Waals surface area contributed by atoms with Crippen LogP contribution in [0.2, 0.25) is 0 Å². The molecule has 1 aromatic carbocycles. The van der Waals surface area contributed by atoms with Crippen LogP contribution in [0.4, 0.5) is 5.69 Å². The largest absolute Gasteiger partial charge is 0.341 e. The van der Waals surface area contributed by atoms with Crippen molar-refractivity contribution in [1.82, 2.24) is 4.90 Å². The van der Waals surface area contributed by atoms with E-state index in [0.29, 0.717) is 5.92 Å². The lowest BCUT2D eigenvalue weighted by Gasteiger charge is -2.34. The Labute approximate surface area is 145 Å². The second-order valence-corrected chi connectivity index (χ2v) is 7.96. The molecule has 24 heavy (non-hydrogen) atoms. The molecule has 0 saturated carbocycles. The number of amides is 2. The first kappa shape index (κ1) is 18.5. The number of likely N-dealkylation sites (tertiary alicyclic amines) is 1. The summed E-state index contributed by atoms with van der Waals surface area (Å²) in [5, 5.41) is 0. The Morgan fingerprint density at radius 2 is 1.92 bits per heavy atom. The molecule has 0 bridgehead atoms. The monoisotopic (exact) mass is 330 g/mol. The molecule has 0 N–H and O–H groups in total. The van der Waals surface area contributed by atoms with Crippen molar-refractivity contribution in [2.75, 3.05) is 24.5 Å². The lowest BCUT2D eigenvalue weighted by molar-refractivity contribution is -0.132. The Kier molecular flexibility index (Phi) is 5.68. The van der Waals surface area contributed by atoms with Crippen molar-refractivity contribution in [3.63, 3.8) is 0 Å². The van der Waals surface area contributed by atoms with E-state index in [1.807, 2.05) is 29.2 Å². The van der Waals surface area contributed by atoms with Gasteiger partial charge in [-0.25, -0.2) is 0 Å². The fraction of sp³-hybridized carbons (Fsp3) is 0.600. The summed E-state index contributed by atoms with van der Waals surface area (Å²) in [5.41, 5.74) is 1.84. The van der Waals surface area contributed by atoms with Crippen molar-refractivity contribution in [3.05, 3.63) is 29.8 Å². The maximum absolute atomic E-state index is 12.7. The Morgan fingerprint density at radius 3 is 2.50 bits per heavy atom. The Balaban J connectivity index is 2.25. The van der Waals surface area contributed by atoms with Crippen LogP contribution >= 0.6 is 0 Å². The minimum Gasteiger partial charge on any atom is -0.341 e. The highest BCUT2D eigenvalue weighted by Crippen LogP contribution is 2.32. The lowest BCUT2D eigenvalue weighted by Crippen LogP contribution is -2.46. The fourth-order valence-electron chi connectivity index (χ4n) is 3.36. The molecule has 132 valence electrons. The third kappa shape index (κ3) is 4.37. The molecular formula is C20H30N2O2. The van der Waals surface area contributed by atoms with Gasteiger partial charge in [-0.3, -0.25) is 9.59 Å². The quantitative estimate of drug-likeness (QED) is 0.850. The maximum atomic E-state index is 12.7. The Hall–Kier alpha value is -1.84. The number of benzene rings is 1. The third-order valence-electron chi connectivity index (χ3n) is 4.69. The van der Waals surface area contributed by atoms with E-state index in [2.05, 4.69) is 27.7 Å². The highest BCUT2D eigenvalue weighted by atomic mass is 16.2. The van der Waals surface area contributed by atoms with Crippen molar-refractivity contribution in [2.24, 2.45) is 5.92 Å². The summed E-state index contributed by atoms with van der Waals surface area (Å²) in [6, 6.07) is 7.89. The van der Waals surface area contributed by atoms with E-state index in [4.69, 9.17) is 0 Å². The molecule has 0 aliphatic carbocycles. The van der Waals surface area contributed by atoms with Crippen LogP contribution in [0.15, 0.2) is 24.3 Å². The highest BCUT2D eigenvalue weighted by Gasteiger charge is 2.27. The molecule has 4 nitrogen and oxygen atoms in total. The molecule has 1 atom stereocenters. The van der Waals surface area contributed by atoms with Crippen molar-refractivity contribution in [1.29, 1.82) is 0 Å². The fourth-order valence-corrected chi connectivity index (χ4v) is 3.36. The number of anilines is 1. The number of piperidine rings is 1. The molecule has 0 radical (unpaired) electrons. The van der Waals surface area contributed by atoms with E-state index < -0.39 is 0 Å². The predicted octanol–water partition coefficient (Wildman–Crippen LogP) is 3.60. The third-order valence-corrected chi connectivity index (χ3v) is 4.69. The average Bonchev–Trinajstić information content (AvgIpc) is 2.51. The maximum Gasteiger partial charge on any atom is 0.242 e. The summed E-state index contributed by atoms with van der Waals surface area (Å²) in [5.74, 6) is 0.487. The molecule has 1 fully saturated rings. The number of para-hydroxylation sites is 1. The SMILES string of the molecule is CC(=O)N(CC(=O)N1CCCC(C)C1)c1ccccc1C(C)(C)C. The van der Waals surface area contributed by atoms with Gasteiger partial charge in [0.05, 0.1) is 0 Å². The summed E-state index contributed by atoms with van der Waals surface area (Å²) in [7, 11) is 0. The molecule has 0 spiro atoms. The van der Waals surface area contributed by atoms with Gasteiger partial charge in [-0.2, -0.15) is 0 Å². The van der Waals surface area contributed by atoms with Crippen LogP contribution < -0.4 is 4.90 Å². The zero-order valence-electron chi connectivity index (χ0n) is 15.6. The van der Waals surface area contributed by atoms with Gasteiger partial charge in [0.15, 0.2) is 0 Å². The molecular weight excluding hydrogens is 300 g/mol. The van der Waals surface area contributed by atoms with E-state index in [9.17, 15) is 9.59 Å². The molecule has 1 heterocycles. The van der Waals surface area contributed by atoms with E-state index in [1.165, 1.54) is 13.3 Å². The van der Waals surface area contributed by atoms with Gasteiger partial charge in [0.1, 0.15) is 6.54 Å². The van der Waals surface area contributed by atoms with Crippen LogP contribution in [-0.4, -0.2) is 36.3 Å². The van der Waals surface area contributed by atoms with Gasteiger partial charge in [-0.05, 0) is 35.8 Å². The van der Waals surface area contributed by atoms with Gasteiger partial charge >= 0.3 is 0 Å². The van der Waals surface area contributed by atoms with Crippen LogP contribution in [0.25, 0.3) is 0 Å². The van der Waals surface area contributed by atoms with Crippen LogP contribution in [0, 0.1) is 5.92 Å². The minimum atomic E-state index is -0.0925. The molecule has 1 aliphatic heterocycles. The molecule has 2 rings (SSSR count). The smallest absolute Gasteiger partial charge is 0.242 e. The average molecular weight is 330 g/mol. The van der Waals surface area contributed by atoms with Crippen molar-refractivity contribution in [3.8, 4) is 0 Å². The molecule has 1 unspecified atom stereocenters. The number of rotatable bonds is 3. The molecule has 2 amide bonds. The summed E-state index contributed by atoms with van der Waals surface area (Å²) < 4.78 is 0. The summed E-state index contributed by atoms with van der Waals surface area (Å²) in [6.45, 7) is 11.8. The van der Waals surface area contributed by atoms with Gasteiger partial charge in [-0.15, -0.1) is 0 Å². The van der Waals surface area contributed by atoms with E-state index >= 15 is 0 Å². The zero-order chi connectivity index (χ0) is 17.9. The van der Waals surface area contributed by atoms with Crippen LogP contribution in [0.1, 0.15) is 53.0 Å². The van der Waals surface area contributed by atoms with Crippen LogP contribution in [-0.2, 0) is 15.0 Å². The number of hydrogen-bond acceptors (Lipinski definition) is 2. The molecule has 1 aromatic rings. The van der Waals surface area contributed by atoms with Gasteiger partial charge in [0.25, 0.3) is 0 Å². The summed E-state index contributed by atoms with van der Waals surface area (Å²) in [6.07, 6.45) is 2.22. The molecule has 4 heteroatoms. The zero-order valence-corrected chi connectivity index (χ0v) is 15.6. The van der Waals surface area contributed by atoms with Crippen molar-refractivity contribution in [2.45, 2.75) is 52.9 Å². The first-order valence-electron chi connectivity index (χ1n) is 8.85. The van der Waals surface area contributed by atoms with Crippen LogP contribution in [0.5, 0.6) is 0 Å². The van der Waals surface area contributed by atoms with Gasteiger partial charge < -0.3 is 9.80 Å². The normalized spacial score (nSPS) is 18.4. The second-order valence-electron chi connectivity index (χ2n) is 7.96. The summed E-state index contributed by atoms with van der Waals surface area (Å²) in [4.78, 5) is 28.5. The van der Waals surface area contributed by atoms with Crippen molar-refractivity contribution >= 4 is 17.5 Å². The Bertz CT molecular complexity index is 604. The molecule has 1 aliphatic rings. The minimum absolute atomic E-state index is 0.0421. The number of nitrogens with zero attached hydrogens (tertiary/aromatic N) is 2. The van der Waals surface area contributed by atoms with E-state index in [-0.39, 0.29) is 23.8 Å². The lowest BCUT2D eigenvalue weighted by atomic mass is 9.85. The van der Waals surface area contributed by atoms with Crippen LogP contribution in [0.3, 0.4) is 0 Å². The van der Waals surface area contributed by atoms with E-state index in [1.54, 1.807) is 4.90 Å². The first-order chi connectivity index (χ1) is 11.2. The number of carbonyl (C=O) groups excluding carboxylic acids is 2. The topological polar surface area (TPSA) is 40.6 Å². The Morgan fingerprint density at radius 1 is 1.25 bits per heavy atom. The standard InChI is InChI=1S/C20H30N2O2/c1-15-9-8-12-21(13-15)19(24)14-22(16(2)23)18-11-7-6-10-17(18)20(3,4)5/h6-7,10-11,15H,8-9,12-14H2,1-5H3. The highest BCUT2D eigenvalue weighted by molar-refractivity contribution is 5.98. The second kappa shape index (κ2) is 7.37. The van der Waals surface area contributed by atoms with Gasteiger partial charge in [0, 0.05) is 25.7 Å². The van der Waals surface area contributed by atoms with E-state index in [0.717, 1.165) is 30.8 Å². The predicted molar refractivity (Wildman–Crippen MR) is 98.1 cm³/mol. The van der Waals surface area contributed by atoms with Crippen molar-refractivity contribution < 1.29 is 9.59 Å². The summed E-state index contributed by atoms with van der Waals surface area (Å²) >= 11 is 0. The number of hydrogen-bond donors (Lipinski definition) is 0. The molecule has 1 saturated heterocycles. The van der Waals surface area contributed by atoms with Gasteiger partial charge in [0.2, 0.25) is 11.8 Å².